The Morgan fingerprint density at radius 1 is 1.12 bits per heavy atom. The van der Waals surface area contributed by atoms with Gasteiger partial charge in [-0.2, -0.15) is 0 Å². The molecular weight excluding hydrogens is 298 g/mol. The van der Waals surface area contributed by atoms with Gasteiger partial charge in [0.25, 0.3) is 0 Å². The first kappa shape index (κ1) is 18.6. The van der Waals surface area contributed by atoms with Gasteiger partial charge in [0.1, 0.15) is 0 Å². The highest BCUT2D eigenvalue weighted by Crippen LogP contribution is 2.16. The lowest BCUT2D eigenvalue weighted by molar-refractivity contribution is 0.197. The largest absolute Gasteiger partial charge is 0.369 e. The molecule has 5 heteroatoms. The predicted octanol–water partition coefficient (Wildman–Crippen LogP) is 2.16. The van der Waals surface area contributed by atoms with Crippen molar-refractivity contribution in [1.82, 2.24) is 15.5 Å². The van der Waals surface area contributed by atoms with Crippen LogP contribution in [0.3, 0.4) is 0 Å². The molecule has 1 aromatic rings. The van der Waals surface area contributed by atoms with Crippen molar-refractivity contribution in [2.75, 3.05) is 44.7 Å². The second-order valence-corrected chi connectivity index (χ2v) is 7.54. The number of nitrogens with zero attached hydrogens (tertiary/aromatic N) is 3. The van der Waals surface area contributed by atoms with Gasteiger partial charge in [-0.3, -0.25) is 9.89 Å². The van der Waals surface area contributed by atoms with Crippen molar-refractivity contribution < 1.29 is 0 Å². The molecule has 0 saturated carbocycles. The van der Waals surface area contributed by atoms with Gasteiger partial charge < -0.3 is 15.5 Å². The van der Waals surface area contributed by atoms with E-state index in [-0.39, 0.29) is 5.54 Å². The Morgan fingerprint density at radius 2 is 1.75 bits per heavy atom. The Balaban J connectivity index is 1.77. The van der Waals surface area contributed by atoms with Crippen molar-refractivity contribution in [3.05, 3.63) is 30.3 Å². The van der Waals surface area contributed by atoms with Crippen LogP contribution in [0, 0.1) is 0 Å². The summed E-state index contributed by atoms with van der Waals surface area (Å²) in [5, 5.41) is 6.85. The van der Waals surface area contributed by atoms with E-state index in [4.69, 9.17) is 0 Å². The topological polar surface area (TPSA) is 42.9 Å². The number of aliphatic imine (C=N–C) groups is 1. The van der Waals surface area contributed by atoms with Crippen LogP contribution in [0.15, 0.2) is 35.3 Å². The molecule has 1 unspecified atom stereocenters. The molecule has 1 heterocycles. The second-order valence-electron chi connectivity index (χ2n) is 7.54. The highest BCUT2D eigenvalue weighted by Gasteiger charge is 2.21. The van der Waals surface area contributed by atoms with Gasteiger partial charge in [-0.05, 0) is 39.8 Å². The van der Waals surface area contributed by atoms with E-state index in [9.17, 15) is 0 Å². The zero-order valence-corrected chi connectivity index (χ0v) is 15.8. The molecule has 1 atom stereocenters. The molecule has 0 aromatic heterocycles. The minimum absolute atomic E-state index is 0.0202. The summed E-state index contributed by atoms with van der Waals surface area (Å²) < 4.78 is 0. The zero-order valence-electron chi connectivity index (χ0n) is 15.8. The molecule has 0 radical (unpaired) electrons. The molecular formula is C19H33N5. The van der Waals surface area contributed by atoms with E-state index >= 15 is 0 Å². The summed E-state index contributed by atoms with van der Waals surface area (Å²) in [6.45, 7) is 14.0. The third-order valence-electron chi connectivity index (χ3n) is 4.34. The summed E-state index contributed by atoms with van der Waals surface area (Å²) in [4.78, 5) is 9.33. The van der Waals surface area contributed by atoms with E-state index in [1.165, 1.54) is 5.69 Å². The van der Waals surface area contributed by atoms with Crippen LogP contribution >= 0.6 is 0 Å². The van der Waals surface area contributed by atoms with Crippen LogP contribution in [0.1, 0.15) is 27.7 Å². The zero-order chi connectivity index (χ0) is 17.6. The number of nitrogens with one attached hydrogen (secondary N) is 2. The molecule has 1 fully saturated rings. The molecule has 0 aliphatic carbocycles. The van der Waals surface area contributed by atoms with Crippen molar-refractivity contribution >= 4 is 11.6 Å². The van der Waals surface area contributed by atoms with Gasteiger partial charge in [0.2, 0.25) is 0 Å². The molecule has 24 heavy (non-hydrogen) atoms. The van der Waals surface area contributed by atoms with Crippen molar-refractivity contribution in [1.29, 1.82) is 0 Å². The molecule has 0 spiro atoms. The Morgan fingerprint density at radius 3 is 2.29 bits per heavy atom. The molecule has 0 amide bonds. The fourth-order valence-electron chi connectivity index (χ4n) is 2.97. The summed E-state index contributed by atoms with van der Waals surface area (Å²) in [7, 11) is 1.82. The van der Waals surface area contributed by atoms with Crippen LogP contribution in [0.5, 0.6) is 0 Å². The van der Waals surface area contributed by atoms with E-state index in [1.807, 2.05) is 7.05 Å². The molecule has 1 aliphatic rings. The second kappa shape index (κ2) is 8.38. The molecule has 2 rings (SSSR count). The first-order chi connectivity index (χ1) is 11.4. The summed E-state index contributed by atoms with van der Waals surface area (Å²) in [5.41, 5.74) is 1.35. The van der Waals surface area contributed by atoms with E-state index in [2.05, 4.69) is 83.5 Å². The highest BCUT2D eigenvalue weighted by molar-refractivity contribution is 5.80. The quantitative estimate of drug-likeness (QED) is 0.655. The number of anilines is 1. The maximum atomic E-state index is 4.31. The maximum Gasteiger partial charge on any atom is 0.191 e. The minimum atomic E-state index is 0.0202. The van der Waals surface area contributed by atoms with Crippen LogP contribution in [0.4, 0.5) is 5.69 Å². The third-order valence-corrected chi connectivity index (χ3v) is 4.34. The van der Waals surface area contributed by atoms with Crippen LogP contribution in [-0.2, 0) is 0 Å². The summed E-state index contributed by atoms with van der Waals surface area (Å²) >= 11 is 0. The lowest BCUT2D eigenvalue weighted by Gasteiger charge is -2.39. The van der Waals surface area contributed by atoms with Crippen LogP contribution < -0.4 is 15.5 Å². The summed E-state index contributed by atoms with van der Waals surface area (Å²) in [6.07, 6.45) is 0. The van der Waals surface area contributed by atoms with E-state index in [0.717, 1.165) is 38.7 Å². The number of para-hydroxylation sites is 1. The first-order valence-corrected chi connectivity index (χ1v) is 8.92. The Kier molecular flexibility index (Phi) is 6.49. The molecule has 1 aliphatic heterocycles. The predicted molar refractivity (Wildman–Crippen MR) is 104 cm³/mol. The molecule has 5 nitrogen and oxygen atoms in total. The Bertz CT molecular complexity index is 512. The average Bonchev–Trinajstić information content (AvgIpc) is 2.58. The van der Waals surface area contributed by atoms with Crippen LogP contribution in [-0.4, -0.2) is 62.2 Å². The van der Waals surface area contributed by atoms with Crippen molar-refractivity contribution in [3.8, 4) is 0 Å². The maximum absolute atomic E-state index is 4.31. The Hall–Kier alpha value is -1.75. The SMILES string of the molecule is CN=C(NCC(C)N1CCN(c2ccccc2)CC1)NC(C)(C)C. The van der Waals surface area contributed by atoms with Gasteiger partial charge in [-0.15, -0.1) is 0 Å². The highest BCUT2D eigenvalue weighted by atomic mass is 15.3. The summed E-state index contributed by atoms with van der Waals surface area (Å²) in [5.74, 6) is 0.872. The smallest absolute Gasteiger partial charge is 0.191 e. The lowest BCUT2D eigenvalue weighted by atomic mass is 10.1. The van der Waals surface area contributed by atoms with Crippen molar-refractivity contribution in [2.45, 2.75) is 39.3 Å². The average molecular weight is 332 g/mol. The number of guanidine groups is 1. The molecule has 2 N–H and O–H groups in total. The van der Waals surface area contributed by atoms with Gasteiger partial charge in [0.05, 0.1) is 0 Å². The molecule has 1 aromatic carbocycles. The van der Waals surface area contributed by atoms with Crippen molar-refractivity contribution in [2.24, 2.45) is 4.99 Å². The van der Waals surface area contributed by atoms with Gasteiger partial charge in [0.15, 0.2) is 5.96 Å². The number of hydrogen-bond acceptors (Lipinski definition) is 3. The molecule has 134 valence electrons. The Labute approximate surface area is 147 Å². The third kappa shape index (κ3) is 5.71. The normalized spacial score (nSPS) is 18.4. The van der Waals surface area contributed by atoms with Gasteiger partial charge in [-0.1, -0.05) is 18.2 Å². The monoisotopic (exact) mass is 331 g/mol. The summed E-state index contributed by atoms with van der Waals surface area (Å²) in [6, 6.07) is 11.2. The fraction of sp³-hybridized carbons (Fsp3) is 0.632. The van der Waals surface area contributed by atoms with Gasteiger partial charge >= 0.3 is 0 Å². The van der Waals surface area contributed by atoms with Crippen LogP contribution in [0.25, 0.3) is 0 Å². The van der Waals surface area contributed by atoms with Gasteiger partial charge in [-0.25, -0.2) is 0 Å². The number of rotatable bonds is 4. The molecule has 1 saturated heterocycles. The minimum Gasteiger partial charge on any atom is -0.369 e. The fourth-order valence-corrected chi connectivity index (χ4v) is 2.97. The van der Waals surface area contributed by atoms with E-state index in [1.54, 1.807) is 0 Å². The van der Waals surface area contributed by atoms with E-state index in [0.29, 0.717) is 6.04 Å². The van der Waals surface area contributed by atoms with Gasteiger partial charge in [0, 0.05) is 57.0 Å². The van der Waals surface area contributed by atoms with E-state index < -0.39 is 0 Å². The number of benzene rings is 1. The molecule has 0 bridgehead atoms. The lowest BCUT2D eigenvalue weighted by Crippen LogP contribution is -2.54. The van der Waals surface area contributed by atoms with Crippen molar-refractivity contribution in [3.63, 3.8) is 0 Å². The number of hydrogen-bond donors (Lipinski definition) is 2. The standard InChI is InChI=1S/C19H33N5/c1-16(15-21-18(20-5)22-19(2,3)4)23-11-13-24(14-12-23)17-9-7-6-8-10-17/h6-10,16H,11-15H2,1-5H3,(H2,20,21,22). The first-order valence-electron chi connectivity index (χ1n) is 8.92. The van der Waals surface area contributed by atoms with Crippen LogP contribution in [0.2, 0.25) is 0 Å². The number of piperazine rings is 1.